The van der Waals surface area contributed by atoms with E-state index in [0.29, 0.717) is 0 Å². The van der Waals surface area contributed by atoms with Gasteiger partial charge in [-0.3, -0.25) is 0 Å². The molecule has 0 spiro atoms. The third-order valence-corrected chi connectivity index (χ3v) is 0.779. The summed E-state index contributed by atoms with van der Waals surface area (Å²) >= 11 is 0. The Morgan fingerprint density at radius 2 is 2.12 bits per heavy atom. The molecule has 0 atom stereocenters. The molecule has 0 aliphatic carbocycles. The van der Waals surface area contributed by atoms with Crippen molar-refractivity contribution in [3.05, 3.63) is 11.4 Å². The quantitative estimate of drug-likeness (QED) is 0.426. The van der Waals surface area contributed by atoms with Crippen molar-refractivity contribution in [2.75, 3.05) is 0 Å². The lowest BCUT2D eigenvalue weighted by Gasteiger charge is -2.09. The van der Waals surface area contributed by atoms with Gasteiger partial charge in [0, 0.05) is 13.8 Å². The van der Waals surface area contributed by atoms with Crippen LogP contribution in [0.5, 0.6) is 0 Å². The topological polar surface area (TPSA) is 44.5 Å². The Morgan fingerprint density at radius 3 is 2.12 bits per heavy atom. The van der Waals surface area contributed by atoms with E-state index < -0.39 is 11.5 Å². The van der Waals surface area contributed by atoms with Crippen LogP contribution in [0.2, 0.25) is 0 Å². The molecule has 0 aromatic heterocycles. The smallest absolute Gasteiger partial charge is 0.266 e. The summed E-state index contributed by atoms with van der Waals surface area (Å²) < 4.78 is 0. The normalized spacial score (nSPS) is 10.1. The van der Waals surface area contributed by atoms with Crippen LogP contribution in [0.15, 0.2) is 0 Å². The van der Waals surface area contributed by atoms with Crippen molar-refractivity contribution in [2.45, 2.75) is 19.4 Å². The van der Waals surface area contributed by atoms with E-state index in [1.54, 1.807) is 0 Å². The maximum Gasteiger partial charge on any atom is 0.266 e. The van der Waals surface area contributed by atoms with Crippen molar-refractivity contribution in [3.63, 3.8) is 0 Å². The number of nitrogens with zero attached hydrogens (tertiary/aromatic N) is 1. The Hall–Kier alpha value is -1.04. The minimum absolute atomic E-state index is 1.30. The Balaban J connectivity index is 4.19. The van der Waals surface area contributed by atoms with Gasteiger partial charge >= 0.3 is 0 Å². The molecule has 0 unspecified atom stereocenters. The number of carboxylic acids is 1. The number of hydrogen-bond donors (Lipinski definition) is 0. The Kier molecular flexibility index (Phi) is 1.59. The van der Waals surface area contributed by atoms with Gasteiger partial charge in [0.25, 0.3) is 5.54 Å². The van der Waals surface area contributed by atoms with E-state index in [0.717, 1.165) is 0 Å². The van der Waals surface area contributed by atoms with Gasteiger partial charge in [0.2, 0.25) is 0 Å². The van der Waals surface area contributed by atoms with Crippen LogP contribution in [0.4, 0.5) is 0 Å². The molecule has 0 heterocycles. The molecule has 8 heavy (non-hydrogen) atoms. The van der Waals surface area contributed by atoms with Gasteiger partial charge in [-0.25, -0.2) is 6.57 Å². The standard InChI is InChI=1S/C5H7NO2/c1-5(2,6-3)4(7)8/h1-2H3,(H,7,8)/p-1. The molecule has 0 bridgehead atoms. The molecular formula is C5H6NO2-. The number of carboxylic acid groups (broad SMARTS) is 1. The van der Waals surface area contributed by atoms with Crippen molar-refractivity contribution in [2.24, 2.45) is 0 Å². The van der Waals surface area contributed by atoms with Gasteiger partial charge in [-0.15, -0.1) is 0 Å². The summed E-state index contributed by atoms with van der Waals surface area (Å²) in [5.74, 6) is -1.33. The molecule has 0 saturated carbocycles. The van der Waals surface area contributed by atoms with Crippen LogP contribution in [0.25, 0.3) is 4.85 Å². The predicted molar refractivity (Wildman–Crippen MR) is 25.7 cm³/mol. The lowest BCUT2D eigenvalue weighted by molar-refractivity contribution is -0.310. The molecule has 0 aliphatic heterocycles. The molecule has 0 saturated heterocycles. The summed E-state index contributed by atoms with van der Waals surface area (Å²) in [6.45, 7) is 8.94. The second-order valence-electron chi connectivity index (χ2n) is 1.96. The third kappa shape index (κ3) is 1.23. The van der Waals surface area contributed by atoms with Crippen LogP contribution < -0.4 is 5.11 Å². The van der Waals surface area contributed by atoms with Crippen LogP contribution in [-0.4, -0.2) is 11.5 Å². The average molecular weight is 112 g/mol. The second-order valence-corrected chi connectivity index (χ2v) is 1.96. The zero-order valence-electron chi connectivity index (χ0n) is 4.76. The highest BCUT2D eigenvalue weighted by Crippen LogP contribution is 2.04. The average Bonchev–Trinajstić information content (AvgIpc) is 1.67. The van der Waals surface area contributed by atoms with E-state index in [4.69, 9.17) is 6.57 Å². The van der Waals surface area contributed by atoms with Crippen molar-refractivity contribution in [3.8, 4) is 0 Å². The van der Waals surface area contributed by atoms with Gasteiger partial charge in [0.15, 0.2) is 0 Å². The summed E-state index contributed by atoms with van der Waals surface area (Å²) in [6.07, 6.45) is 0. The van der Waals surface area contributed by atoms with Crippen molar-refractivity contribution >= 4 is 5.97 Å². The van der Waals surface area contributed by atoms with Crippen LogP contribution in [0.3, 0.4) is 0 Å². The summed E-state index contributed by atoms with van der Waals surface area (Å²) in [6, 6.07) is 0. The van der Waals surface area contributed by atoms with Gasteiger partial charge < -0.3 is 14.7 Å². The molecule has 0 aromatic carbocycles. The van der Waals surface area contributed by atoms with Crippen LogP contribution >= 0.6 is 0 Å². The molecule has 0 amide bonds. The molecule has 0 aliphatic rings. The van der Waals surface area contributed by atoms with Gasteiger partial charge in [0.1, 0.15) is 5.97 Å². The van der Waals surface area contributed by atoms with E-state index in [2.05, 4.69) is 4.85 Å². The molecule has 3 nitrogen and oxygen atoms in total. The Labute approximate surface area is 47.8 Å². The highest BCUT2D eigenvalue weighted by Gasteiger charge is 2.23. The molecule has 0 N–H and O–H groups in total. The molecule has 0 rings (SSSR count). The van der Waals surface area contributed by atoms with Gasteiger partial charge in [0.05, 0.1) is 0 Å². The fraction of sp³-hybridized carbons (Fsp3) is 0.600. The lowest BCUT2D eigenvalue weighted by Crippen LogP contribution is -2.40. The first-order chi connectivity index (χ1) is 3.50. The molecule has 44 valence electrons. The molecular weight excluding hydrogens is 106 g/mol. The second kappa shape index (κ2) is 1.83. The Morgan fingerprint density at radius 1 is 1.75 bits per heavy atom. The van der Waals surface area contributed by atoms with Gasteiger partial charge in [-0.1, -0.05) is 0 Å². The van der Waals surface area contributed by atoms with Crippen molar-refractivity contribution < 1.29 is 9.90 Å². The van der Waals surface area contributed by atoms with Crippen LogP contribution in [0, 0.1) is 6.57 Å². The fourth-order valence-electron chi connectivity index (χ4n) is 0.0456. The van der Waals surface area contributed by atoms with Crippen molar-refractivity contribution in [1.29, 1.82) is 0 Å². The zero-order valence-corrected chi connectivity index (χ0v) is 4.76. The molecule has 0 radical (unpaired) electrons. The minimum atomic E-state index is -1.36. The van der Waals surface area contributed by atoms with E-state index in [-0.39, 0.29) is 0 Å². The number of rotatable bonds is 1. The van der Waals surface area contributed by atoms with E-state index in [1.165, 1.54) is 13.8 Å². The monoisotopic (exact) mass is 112 g/mol. The fourth-order valence-corrected chi connectivity index (χ4v) is 0.0456. The SMILES string of the molecule is [C-]#[N+]C(C)(C)C(=O)[O-]. The Bertz CT molecular complexity index is 143. The highest BCUT2D eigenvalue weighted by molar-refractivity contribution is 5.77. The highest BCUT2D eigenvalue weighted by atomic mass is 16.4. The first kappa shape index (κ1) is 6.96. The lowest BCUT2D eigenvalue weighted by atomic mass is 10.1. The summed E-state index contributed by atoms with van der Waals surface area (Å²) in [5, 5.41) is 9.93. The molecule has 3 heteroatoms. The molecule has 0 aromatic rings. The number of carbonyl (C=O) groups excluding carboxylic acids is 1. The predicted octanol–water partition coefficient (Wildman–Crippen LogP) is -0.566. The number of carbonyl (C=O) groups is 1. The maximum atomic E-state index is 9.93. The number of hydrogen-bond acceptors (Lipinski definition) is 2. The van der Waals surface area contributed by atoms with Gasteiger partial charge in [-0.05, 0) is 0 Å². The summed E-state index contributed by atoms with van der Waals surface area (Å²) in [4.78, 5) is 12.7. The van der Waals surface area contributed by atoms with Crippen LogP contribution in [0.1, 0.15) is 13.8 Å². The maximum absolute atomic E-state index is 9.93. The van der Waals surface area contributed by atoms with E-state index >= 15 is 0 Å². The zero-order chi connectivity index (χ0) is 6.78. The minimum Gasteiger partial charge on any atom is -0.542 e. The number of aliphatic carboxylic acids is 1. The van der Waals surface area contributed by atoms with Gasteiger partial charge in [-0.2, -0.15) is 0 Å². The van der Waals surface area contributed by atoms with Crippen molar-refractivity contribution in [1.82, 2.24) is 0 Å². The van der Waals surface area contributed by atoms with Crippen LogP contribution in [-0.2, 0) is 4.79 Å². The third-order valence-electron chi connectivity index (χ3n) is 0.779. The van der Waals surface area contributed by atoms with E-state index in [1.807, 2.05) is 0 Å². The first-order valence-corrected chi connectivity index (χ1v) is 2.11. The largest absolute Gasteiger partial charge is 0.542 e. The van der Waals surface area contributed by atoms with E-state index in [9.17, 15) is 9.90 Å². The summed E-state index contributed by atoms with van der Waals surface area (Å²) in [5.41, 5.74) is -1.36. The molecule has 0 fully saturated rings. The first-order valence-electron chi connectivity index (χ1n) is 2.11. The summed E-state index contributed by atoms with van der Waals surface area (Å²) in [7, 11) is 0.